The molecule has 0 bridgehead atoms. The number of rotatable bonds is 5. The van der Waals surface area contributed by atoms with Crippen LogP contribution in [-0.2, 0) is 16.4 Å². The molecule has 0 aliphatic carbocycles. The minimum absolute atomic E-state index is 0.0615. The molecular weight excluding hydrogens is 314 g/mol. The first-order valence-corrected chi connectivity index (χ1v) is 9.25. The summed E-state index contributed by atoms with van der Waals surface area (Å²) in [5.74, 6) is 1.64. The van der Waals surface area contributed by atoms with Crippen LogP contribution < -0.4 is 10.2 Å². The number of nitrogens with zero attached hydrogens (tertiary/aromatic N) is 4. The molecule has 2 aromatic rings. The lowest BCUT2D eigenvalue weighted by Crippen LogP contribution is -2.33. The maximum atomic E-state index is 11.6. The van der Waals surface area contributed by atoms with Crippen molar-refractivity contribution < 1.29 is 8.42 Å². The summed E-state index contributed by atoms with van der Waals surface area (Å²) in [5, 5.41) is 3.23. The van der Waals surface area contributed by atoms with E-state index in [1.807, 2.05) is 24.1 Å². The Morgan fingerprint density at radius 3 is 2.91 bits per heavy atom. The van der Waals surface area contributed by atoms with E-state index in [0.29, 0.717) is 24.7 Å². The third kappa shape index (κ3) is 3.95. The first-order valence-electron chi connectivity index (χ1n) is 7.42. The summed E-state index contributed by atoms with van der Waals surface area (Å²) in [5.41, 5.74) is 1.06. The highest BCUT2D eigenvalue weighted by Gasteiger charge is 2.31. The maximum Gasteiger partial charge on any atom is 0.227 e. The fraction of sp³-hybridized carbons (Fsp3) is 0.400. The molecule has 0 radical (unpaired) electrons. The van der Waals surface area contributed by atoms with E-state index >= 15 is 0 Å². The lowest BCUT2D eigenvalue weighted by atomic mass is 10.2. The number of pyridine rings is 1. The van der Waals surface area contributed by atoms with Crippen LogP contribution in [0.5, 0.6) is 0 Å². The third-order valence-corrected chi connectivity index (χ3v) is 5.66. The SMILES string of the molecule is CN(c1nccc(NCc2cccnc2)n1)C1CCS(=O)(=O)C1. The van der Waals surface area contributed by atoms with E-state index < -0.39 is 9.84 Å². The summed E-state index contributed by atoms with van der Waals surface area (Å²) >= 11 is 0. The number of anilines is 2. The van der Waals surface area contributed by atoms with Crippen LogP contribution in [0.2, 0.25) is 0 Å². The van der Waals surface area contributed by atoms with Crippen LogP contribution in [0.25, 0.3) is 0 Å². The summed E-state index contributed by atoms with van der Waals surface area (Å²) in [7, 11) is -1.09. The summed E-state index contributed by atoms with van der Waals surface area (Å²) in [6.07, 6.45) is 5.82. The molecular formula is C15H19N5O2S. The molecule has 2 aromatic heterocycles. The van der Waals surface area contributed by atoms with Gasteiger partial charge < -0.3 is 10.2 Å². The molecule has 1 fully saturated rings. The number of sulfone groups is 1. The summed E-state index contributed by atoms with van der Waals surface area (Å²) in [6, 6.07) is 5.60. The molecule has 23 heavy (non-hydrogen) atoms. The van der Waals surface area contributed by atoms with Gasteiger partial charge in [0.1, 0.15) is 5.82 Å². The van der Waals surface area contributed by atoms with Crippen LogP contribution in [0.3, 0.4) is 0 Å². The van der Waals surface area contributed by atoms with Gasteiger partial charge in [-0.1, -0.05) is 6.07 Å². The maximum absolute atomic E-state index is 11.6. The van der Waals surface area contributed by atoms with Crippen LogP contribution in [0.4, 0.5) is 11.8 Å². The van der Waals surface area contributed by atoms with Gasteiger partial charge in [0.05, 0.1) is 11.5 Å². The van der Waals surface area contributed by atoms with Crippen molar-refractivity contribution in [3.8, 4) is 0 Å². The zero-order valence-corrected chi connectivity index (χ0v) is 13.7. The van der Waals surface area contributed by atoms with E-state index in [1.165, 1.54) is 0 Å². The van der Waals surface area contributed by atoms with Gasteiger partial charge in [0, 0.05) is 38.2 Å². The van der Waals surface area contributed by atoms with Gasteiger partial charge in [-0.15, -0.1) is 0 Å². The lowest BCUT2D eigenvalue weighted by Gasteiger charge is -2.23. The number of hydrogen-bond acceptors (Lipinski definition) is 7. The molecule has 8 heteroatoms. The summed E-state index contributed by atoms with van der Waals surface area (Å²) < 4.78 is 23.2. The van der Waals surface area contributed by atoms with Crippen LogP contribution in [0.1, 0.15) is 12.0 Å². The van der Waals surface area contributed by atoms with Gasteiger partial charge in [-0.05, 0) is 24.1 Å². The Kier molecular flexibility index (Phi) is 4.42. The highest BCUT2D eigenvalue weighted by molar-refractivity contribution is 7.91. The number of hydrogen-bond donors (Lipinski definition) is 1. The molecule has 1 aliphatic rings. The average Bonchev–Trinajstić information content (AvgIpc) is 2.93. The minimum atomic E-state index is -2.92. The molecule has 0 aromatic carbocycles. The zero-order valence-electron chi connectivity index (χ0n) is 12.9. The second-order valence-corrected chi connectivity index (χ2v) is 7.85. The fourth-order valence-electron chi connectivity index (χ4n) is 2.56. The standard InChI is InChI=1S/C15H19N5O2S/c1-20(13-5-8-23(21,22)11-13)15-17-7-4-14(19-15)18-10-12-3-2-6-16-9-12/h2-4,6-7,9,13H,5,8,10-11H2,1H3,(H,17,18,19). The van der Waals surface area contributed by atoms with Crippen molar-refractivity contribution in [1.82, 2.24) is 15.0 Å². The molecule has 3 rings (SSSR count). The molecule has 1 N–H and O–H groups in total. The Labute approximate surface area is 135 Å². The molecule has 1 unspecified atom stereocenters. The Hall–Kier alpha value is -2.22. The summed E-state index contributed by atoms with van der Waals surface area (Å²) in [6.45, 7) is 0.617. The van der Waals surface area contributed by atoms with Crippen LogP contribution >= 0.6 is 0 Å². The number of aromatic nitrogens is 3. The molecule has 0 amide bonds. The van der Waals surface area contributed by atoms with Gasteiger partial charge >= 0.3 is 0 Å². The van der Waals surface area contributed by atoms with Gasteiger partial charge in [0.15, 0.2) is 9.84 Å². The Balaban J connectivity index is 1.67. The lowest BCUT2D eigenvalue weighted by molar-refractivity contribution is 0.600. The van der Waals surface area contributed by atoms with E-state index in [4.69, 9.17) is 0 Å². The van der Waals surface area contributed by atoms with Gasteiger partial charge in [0.2, 0.25) is 5.95 Å². The van der Waals surface area contributed by atoms with Crippen LogP contribution in [0.15, 0.2) is 36.8 Å². The topological polar surface area (TPSA) is 88.1 Å². The van der Waals surface area contributed by atoms with E-state index in [0.717, 1.165) is 5.56 Å². The van der Waals surface area contributed by atoms with E-state index in [-0.39, 0.29) is 17.5 Å². The predicted octanol–water partition coefficient (Wildman–Crippen LogP) is 1.11. The summed E-state index contributed by atoms with van der Waals surface area (Å²) in [4.78, 5) is 14.6. The Bertz CT molecular complexity index is 766. The first kappa shape index (κ1) is 15.7. The highest BCUT2D eigenvalue weighted by Crippen LogP contribution is 2.20. The monoisotopic (exact) mass is 333 g/mol. The average molecular weight is 333 g/mol. The first-order chi connectivity index (χ1) is 11.0. The second-order valence-electron chi connectivity index (χ2n) is 5.62. The molecule has 7 nitrogen and oxygen atoms in total. The second kappa shape index (κ2) is 6.49. The third-order valence-electron chi connectivity index (χ3n) is 3.91. The van der Waals surface area contributed by atoms with Gasteiger partial charge in [-0.25, -0.2) is 13.4 Å². The van der Waals surface area contributed by atoms with E-state index in [1.54, 1.807) is 24.7 Å². The molecule has 0 spiro atoms. The van der Waals surface area contributed by atoms with Gasteiger partial charge in [0.25, 0.3) is 0 Å². The minimum Gasteiger partial charge on any atom is -0.366 e. The molecule has 3 heterocycles. The predicted molar refractivity (Wildman–Crippen MR) is 89.1 cm³/mol. The van der Waals surface area contributed by atoms with Crippen molar-refractivity contribution in [3.05, 3.63) is 42.4 Å². The Morgan fingerprint density at radius 2 is 2.22 bits per heavy atom. The van der Waals surface area contributed by atoms with E-state index in [9.17, 15) is 8.42 Å². The van der Waals surface area contributed by atoms with Gasteiger partial charge in [-0.2, -0.15) is 4.98 Å². The van der Waals surface area contributed by atoms with Crippen molar-refractivity contribution in [1.29, 1.82) is 0 Å². The quantitative estimate of drug-likeness (QED) is 0.876. The highest BCUT2D eigenvalue weighted by atomic mass is 32.2. The van der Waals surface area contributed by atoms with Crippen molar-refractivity contribution in [2.24, 2.45) is 0 Å². The van der Waals surface area contributed by atoms with Crippen molar-refractivity contribution in [2.45, 2.75) is 19.0 Å². The largest absolute Gasteiger partial charge is 0.366 e. The molecule has 1 aliphatic heterocycles. The fourth-order valence-corrected chi connectivity index (χ4v) is 4.33. The van der Waals surface area contributed by atoms with Crippen molar-refractivity contribution in [3.63, 3.8) is 0 Å². The van der Waals surface area contributed by atoms with Crippen molar-refractivity contribution in [2.75, 3.05) is 28.8 Å². The van der Waals surface area contributed by atoms with Crippen LogP contribution in [-0.4, -0.2) is 48.0 Å². The molecule has 1 saturated heterocycles. The van der Waals surface area contributed by atoms with Gasteiger partial charge in [-0.3, -0.25) is 4.98 Å². The van der Waals surface area contributed by atoms with Crippen molar-refractivity contribution >= 4 is 21.6 Å². The molecule has 1 atom stereocenters. The molecule has 0 saturated carbocycles. The molecule has 122 valence electrons. The van der Waals surface area contributed by atoms with Crippen LogP contribution in [0, 0.1) is 0 Å². The normalized spacial score (nSPS) is 19.4. The Morgan fingerprint density at radius 1 is 1.35 bits per heavy atom. The van der Waals surface area contributed by atoms with E-state index in [2.05, 4.69) is 20.3 Å². The smallest absolute Gasteiger partial charge is 0.227 e. The number of nitrogens with one attached hydrogen (secondary N) is 1. The zero-order chi connectivity index (χ0) is 16.3.